The highest BCUT2D eigenvalue weighted by Gasteiger charge is 2.26. The normalized spacial score (nSPS) is 12.9. The second-order valence-electron chi connectivity index (χ2n) is 8.27. The number of hydrogen-bond donors (Lipinski definition) is 0. The number of fused-ring (bicyclic) bond motifs is 2. The Labute approximate surface area is 195 Å². The van der Waals surface area contributed by atoms with E-state index in [0.29, 0.717) is 25.3 Å². The number of aromatic nitrogens is 4. The molecule has 0 aliphatic carbocycles. The number of methoxy groups -OCH3 is 1. The molecular formula is C25H25N5O4. The predicted molar refractivity (Wildman–Crippen MR) is 128 cm³/mol. The molecule has 0 atom stereocenters. The van der Waals surface area contributed by atoms with E-state index in [9.17, 15) is 14.4 Å². The zero-order valence-electron chi connectivity index (χ0n) is 18.9. The quantitative estimate of drug-likeness (QED) is 0.419. The number of anilines is 1. The summed E-state index contributed by atoms with van der Waals surface area (Å²) in [4.78, 5) is 46.3. The van der Waals surface area contributed by atoms with E-state index in [1.54, 1.807) is 16.6 Å². The van der Waals surface area contributed by atoms with Gasteiger partial charge in [0.05, 0.1) is 19.5 Å². The highest BCUT2D eigenvalue weighted by molar-refractivity contribution is 5.95. The van der Waals surface area contributed by atoms with Crippen LogP contribution in [-0.4, -0.2) is 44.9 Å². The lowest BCUT2D eigenvalue weighted by atomic mass is 10.2. The molecule has 1 aliphatic rings. The topological polar surface area (TPSA) is 91.4 Å². The molecule has 0 fully saturated rings. The van der Waals surface area contributed by atoms with Gasteiger partial charge in [-0.05, 0) is 23.6 Å². The van der Waals surface area contributed by atoms with E-state index in [2.05, 4.69) is 4.98 Å². The van der Waals surface area contributed by atoms with Gasteiger partial charge >= 0.3 is 5.69 Å². The van der Waals surface area contributed by atoms with Gasteiger partial charge < -0.3 is 14.2 Å². The van der Waals surface area contributed by atoms with E-state index in [1.807, 2.05) is 54.6 Å². The van der Waals surface area contributed by atoms with E-state index >= 15 is 0 Å². The second-order valence-corrected chi connectivity index (χ2v) is 8.27. The highest BCUT2D eigenvalue weighted by Crippen LogP contribution is 2.27. The van der Waals surface area contributed by atoms with Gasteiger partial charge in [-0.3, -0.25) is 14.2 Å². The van der Waals surface area contributed by atoms with Gasteiger partial charge in [0.2, 0.25) is 5.91 Å². The summed E-state index contributed by atoms with van der Waals surface area (Å²) in [5.74, 6) is -0.294. The Morgan fingerprint density at radius 3 is 2.59 bits per heavy atom. The Balaban J connectivity index is 1.60. The first-order chi connectivity index (χ1) is 16.6. The zero-order valence-corrected chi connectivity index (χ0v) is 18.9. The van der Waals surface area contributed by atoms with Crippen LogP contribution >= 0.6 is 0 Å². The summed E-state index contributed by atoms with van der Waals surface area (Å²) >= 11 is 0. The lowest BCUT2D eigenvalue weighted by Gasteiger charge is -2.18. The Hall–Kier alpha value is -3.98. The molecule has 0 spiro atoms. The third kappa shape index (κ3) is 3.84. The molecule has 0 bridgehead atoms. The van der Waals surface area contributed by atoms with Crippen LogP contribution in [0.5, 0.6) is 0 Å². The van der Waals surface area contributed by atoms with E-state index in [-0.39, 0.29) is 24.5 Å². The van der Waals surface area contributed by atoms with Crippen molar-refractivity contribution in [3.05, 3.63) is 92.9 Å². The van der Waals surface area contributed by atoms with Gasteiger partial charge in [-0.1, -0.05) is 48.5 Å². The molecule has 174 valence electrons. The molecule has 0 radical (unpaired) electrons. The van der Waals surface area contributed by atoms with Crippen molar-refractivity contribution < 1.29 is 9.53 Å². The first-order valence-electron chi connectivity index (χ1n) is 11.2. The summed E-state index contributed by atoms with van der Waals surface area (Å²) in [6, 6.07) is 17.2. The van der Waals surface area contributed by atoms with Gasteiger partial charge in [-0.25, -0.2) is 14.3 Å². The molecule has 5 rings (SSSR count). The van der Waals surface area contributed by atoms with Crippen LogP contribution in [0.4, 0.5) is 5.69 Å². The monoisotopic (exact) mass is 459 g/mol. The Morgan fingerprint density at radius 2 is 1.79 bits per heavy atom. The smallest absolute Gasteiger partial charge is 0.333 e. The van der Waals surface area contributed by atoms with E-state index in [1.165, 1.54) is 10.9 Å². The molecule has 1 amide bonds. The van der Waals surface area contributed by atoms with Crippen molar-refractivity contribution in [1.82, 2.24) is 18.7 Å². The molecular weight excluding hydrogens is 434 g/mol. The van der Waals surface area contributed by atoms with E-state index in [4.69, 9.17) is 4.74 Å². The third-order valence-electron chi connectivity index (χ3n) is 6.19. The van der Waals surface area contributed by atoms with Crippen LogP contribution in [-0.2, 0) is 35.6 Å². The largest absolute Gasteiger partial charge is 0.383 e. The molecule has 4 aromatic rings. The number of rotatable bonds is 7. The summed E-state index contributed by atoms with van der Waals surface area (Å²) in [5, 5.41) is 0. The molecule has 34 heavy (non-hydrogen) atoms. The van der Waals surface area contributed by atoms with Gasteiger partial charge in [0.25, 0.3) is 5.56 Å². The van der Waals surface area contributed by atoms with Crippen LogP contribution in [0.1, 0.15) is 11.1 Å². The minimum atomic E-state index is -0.556. The summed E-state index contributed by atoms with van der Waals surface area (Å²) in [6.45, 7) is 1.20. The van der Waals surface area contributed by atoms with E-state index < -0.39 is 11.2 Å². The number of para-hydroxylation sites is 1. The lowest BCUT2D eigenvalue weighted by Crippen LogP contribution is -2.45. The van der Waals surface area contributed by atoms with Gasteiger partial charge in [0.15, 0.2) is 11.2 Å². The maximum Gasteiger partial charge on any atom is 0.333 e. The molecule has 9 nitrogen and oxygen atoms in total. The minimum absolute atomic E-state index is 0.235. The third-order valence-corrected chi connectivity index (χ3v) is 6.19. The lowest BCUT2D eigenvalue weighted by molar-refractivity contribution is -0.119. The molecule has 2 aromatic carbocycles. The number of carbonyl (C=O) groups excluding carboxylic acids is 1. The summed E-state index contributed by atoms with van der Waals surface area (Å²) in [6.07, 6.45) is 2.28. The Morgan fingerprint density at radius 1 is 1.03 bits per heavy atom. The SMILES string of the molecule is COCCn1cnc2c1c(=O)n(CC(=O)N1CCc3ccccc31)c(=O)n2Cc1ccccc1. The van der Waals surface area contributed by atoms with Crippen LogP contribution < -0.4 is 16.1 Å². The molecule has 0 saturated carbocycles. The van der Waals surface area contributed by atoms with Gasteiger partial charge in [0.1, 0.15) is 6.54 Å². The highest BCUT2D eigenvalue weighted by atomic mass is 16.5. The fourth-order valence-corrected chi connectivity index (χ4v) is 4.46. The van der Waals surface area contributed by atoms with Crippen LogP contribution in [0.15, 0.2) is 70.5 Å². The average molecular weight is 460 g/mol. The van der Waals surface area contributed by atoms with Crippen molar-refractivity contribution in [1.29, 1.82) is 0 Å². The summed E-state index contributed by atoms with van der Waals surface area (Å²) in [7, 11) is 1.58. The molecule has 2 aromatic heterocycles. The first-order valence-corrected chi connectivity index (χ1v) is 11.2. The van der Waals surface area contributed by atoms with Gasteiger partial charge in [-0.2, -0.15) is 0 Å². The van der Waals surface area contributed by atoms with E-state index in [0.717, 1.165) is 27.8 Å². The fraction of sp³-hybridized carbons (Fsp3) is 0.280. The van der Waals surface area contributed by atoms with Crippen molar-refractivity contribution in [2.45, 2.75) is 26.1 Å². The fourth-order valence-electron chi connectivity index (χ4n) is 4.46. The molecule has 0 N–H and O–H groups in total. The predicted octanol–water partition coefficient (Wildman–Crippen LogP) is 1.64. The number of ether oxygens (including phenoxy) is 1. The zero-order chi connectivity index (χ0) is 23.7. The van der Waals surface area contributed by atoms with Crippen molar-refractivity contribution >= 4 is 22.8 Å². The summed E-state index contributed by atoms with van der Waals surface area (Å²) in [5.41, 5.74) is 2.29. The van der Waals surface area contributed by atoms with Crippen LogP contribution in [0.3, 0.4) is 0 Å². The molecule has 1 aliphatic heterocycles. The summed E-state index contributed by atoms with van der Waals surface area (Å²) < 4.78 is 9.32. The van der Waals surface area contributed by atoms with Crippen molar-refractivity contribution in [2.24, 2.45) is 0 Å². The molecule has 9 heteroatoms. The number of carbonyl (C=O) groups is 1. The van der Waals surface area contributed by atoms with Gasteiger partial charge in [0, 0.05) is 25.9 Å². The van der Waals surface area contributed by atoms with Crippen LogP contribution in [0.25, 0.3) is 11.2 Å². The van der Waals surface area contributed by atoms with Crippen LogP contribution in [0.2, 0.25) is 0 Å². The minimum Gasteiger partial charge on any atom is -0.383 e. The Bertz CT molecular complexity index is 1470. The second kappa shape index (κ2) is 9.11. The molecule has 3 heterocycles. The number of nitrogens with zero attached hydrogens (tertiary/aromatic N) is 5. The number of hydrogen-bond acceptors (Lipinski definition) is 5. The van der Waals surface area contributed by atoms with Gasteiger partial charge in [-0.15, -0.1) is 0 Å². The average Bonchev–Trinajstić information content (AvgIpc) is 3.48. The maximum atomic E-state index is 13.5. The number of benzene rings is 2. The number of amides is 1. The van der Waals surface area contributed by atoms with Crippen molar-refractivity contribution in [3.63, 3.8) is 0 Å². The number of imidazole rings is 1. The molecule has 0 saturated heterocycles. The van der Waals surface area contributed by atoms with Crippen molar-refractivity contribution in [2.75, 3.05) is 25.2 Å². The Kier molecular flexibility index (Phi) is 5.85. The van der Waals surface area contributed by atoms with Crippen molar-refractivity contribution in [3.8, 4) is 0 Å². The maximum absolute atomic E-state index is 13.5. The van der Waals surface area contributed by atoms with Crippen LogP contribution in [0, 0.1) is 0 Å². The molecule has 0 unspecified atom stereocenters. The standard InChI is InChI=1S/C25H25N5O4/c1-34-14-13-27-17-26-23-22(27)24(32)30(25(33)29(23)15-18-7-3-2-4-8-18)16-21(31)28-12-11-19-9-5-6-10-20(19)28/h2-10,17H,11-16H2,1H3. The first kappa shape index (κ1) is 21.8.